The lowest BCUT2D eigenvalue weighted by Gasteiger charge is -2.33. The van der Waals surface area contributed by atoms with Gasteiger partial charge in [-0.25, -0.2) is 0 Å². The van der Waals surface area contributed by atoms with Crippen LogP contribution in [-0.2, 0) is 4.79 Å². The van der Waals surface area contributed by atoms with Crippen LogP contribution in [0.2, 0.25) is 0 Å². The Morgan fingerprint density at radius 2 is 2.11 bits per heavy atom. The SMILES string of the molecule is CN(C)C(=O)CN1CCCC(Nc2ccccc2)C1. The van der Waals surface area contributed by atoms with E-state index in [0.29, 0.717) is 12.6 Å². The number of nitrogens with one attached hydrogen (secondary N) is 1. The highest BCUT2D eigenvalue weighted by atomic mass is 16.2. The Morgan fingerprint density at radius 1 is 1.37 bits per heavy atom. The van der Waals surface area contributed by atoms with E-state index >= 15 is 0 Å². The number of carbonyl (C=O) groups is 1. The lowest BCUT2D eigenvalue weighted by atomic mass is 10.1. The number of piperidine rings is 1. The van der Waals surface area contributed by atoms with Crippen LogP contribution >= 0.6 is 0 Å². The van der Waals surface area contributed by atoms with E-state index < -0.39 is 0 Å². The van der Waals surface area contributed by atoms with Gasteiger partial charge in [0, 0.05) is 32.4 Å². The van der Waals surface area contributed by atoms with Gasteiger partial charge in [-0.05, 0) is 31.5 Å². The summed E-state index contributed by atoms with van der Waals surface area (Å²) >= 11 is 0. The second-order valence-corrected chi connectivity index (χ2v) is 5.37. The third kappa shape index (κ3) is 4.24. The van der Waals surface area contributed by atoms with Crippen molar-refractivity contribution in [2.75, 3.05) is 39.0 Å². The van der Waals surface area contributed by atoms with Gasteiger partial charge < -0.3 is 10.2 Å². The number of anilines is 1. The fourth-order valence-corrected chi connectivity index (χ4v) is 2.42. The third-order valence-electron chi connectivity index (χ3n) is 3.51. The number of para-hydroxylation sites is 1. The molecule has 0 bridgehead atoms. The van der Waals surface area contributed by atoms with Crippen LogP contribution in [-0.4, -0.2) is 55.5 Å². The molecule has 1 fully saturated rings. The Morgan fingerprint density at radius 3 is 2.79 bits per heavy atom. The number of amides is 1. The van der Waals surface area contributed by atoms with Gasteiger partial charge in [0.1, 0.15) is 0 Å². The summed E-state index contributed by atoms with van der Waals surface area (Å²) in [4.78, 5) is 15.6. The first kappa shape index (κ1) is 13.9. The summed E-state index contributed by atoms with van der Waals surface area (Å²) in [6, 6.07) is 10.7. The van der Waals surface area contributed by atoms with E-state index in [-0.39, 0.29) is 5.91 Å². The molecule has 2 rings (SSSR count). The van der Waals surface area contributed by atoms with Crippen molar-refractivity contribution in [2.24, 2.45) is 0 Å². The van der Waals surface area contributed by atoms with Gasteiger partial charge in [0.2, 0.25) is 5.91 Å². The summed E-state index contributed by atoms with van der Waals surface area (Å²) in [5.41, 5.74) is 1.16. The summed E-state index contributed by atoms with van der Waals surface area (Å²) in [6.45, 7) is 2.49. The maximum Gasteiger partial charge on any atom is 0.236 e. The number of likely N-dealkylation sites (N-methyl/N-ethyl adjacent to an activating group) is 1. The molecule has 1 aliphatic rings. The third-order valence-corrected chi connectivity index (χ3v) is 3.51. The van der Waals surface area contributed by atoms with Crippen LogP contribution in [0.1, 0.15) is 12.8 Å². The highest BCUT2D eigenvalue weighted by Gasteiger charge is 2.21. The Labute approximate surface area is 115 Å². The standard InChI is InChI=1S/C15H23N3O/c1-17(2)15(19)12-18-10-6-9-14(11-18)16-13-7-4-3-5-8-13/h3-5,7-8,14,16H,6,9-12H2,1-2H3. The second kappa shape index (κ2) is 6.57. The predicted octanol–water partition coefficient (Wildman–Crippen LogP) is 1.65. The molecule has 1 unspecified atom stereocenters. The predicted molar refractivity (Wildman–Crippen MR) is 78.2 cm³/mol. The van der Waals surface area contributed by atoms with Crippen LogP contribution in [0.25, 0.3) is 0 Å². The first-order valence-electron chi connectivity index (χ1n) is 6.89. The maximum absolute atomic E-state index is 11.7. The average Bonchev–Trinajstić information content (AvgIpc) is 2.40. The van der Waals surface area contributed by atoms with Gasteiger partial charge >= 0.3 is 0 Å². The molecule has 4 heteroatoms. The van der Waals surface area contributed by atoms with E-state index in [0.717, 1.165) is 25.2 Å². The summed E-state index contributed by atoms with van der Waals surface area (Å²) in [7, 11) is 3.62. The van der Waals surface area contributed by atoms with Crippen LogP contribution in [0.5, 0.6) is 0 Å². The summed E-state index contributed by atoms with van der Waals surface area (Å²) in [5.74, 6) is 0.181. The molecule has 1 amide bonds. The number of hydrogen-bond acceptors (Lipinski definition) is 3. The number of nitrogens with zero attached hydrogens (tertiary/aromatic N) is 2. The quantitative estimate of drug-likeness (QED) is 0.895. The van der Waals surface area contributed by atoms with E-state index in [2.05, 4.69) is 22.3 Å². The molecule has 0 aliphatic carbocycles. The lowest BCUT2D eigenvalue weighted by molar-refractivity contribution is -0.130. The van der Waals surface area contributed by atoms with Crippen LogP contribution < -0.4 is 5.32 Å². The van der Waals surface area contributed by atoms with E-state index in [1.54, 1.807) is 4.90 Å². The van der Waals surface area contributed by atoms with Crippen molar-refractivity contribution in [2.45, 2.75) is 18.9 Å². The smallest absolute Gasteiger partial charge is 0.236 e. The normalized spacial score (nSPS) is 20.0. The van der Waals surface area contributed by atoms with Crippen molar-refractivity contribution in [3.8, 4) is 0 Å². The number of benzene rings is 1. The monoisotopic (exact) mass is 261 g/mol. The summed E-state index contributed by atoms with van der Waals surface area (Å²) in [5, 5.41) is 3.55. The summed E-state index contributed by atoms with van der Waals surface area (Å²) in [6.07, 6.45) is 2.31. The molecule has 1 aliphatic heterocycles. The highest BCUT2D eigenvalue weighted by Crippen LogP contribution is 2.15. The van der Waals surface area contributed by atoms with Crippen molar-refractivity contribution < 1.29 is 4.79 Å². The zero-order chi connectivity index (χ0) is 13.7. The van der Waals surface area contributed by atoms with Crippen molar-refractivity contribution >= 4 is 11.6 Å². The minimum absolute atomic E-state index is 0.181. The zero-order valence-corrected chi connectivity index (χ0v) is 11.8. The minimum Gasteiger partial charge on any atom is -0.381 e. The molecule has 19 heavy (non-hydrogen) atoms. The van der Waals surface area contributed by atoms with Gasteiger partial charge in [0.25, 0.3) is 0 Å². The summed E-state index contributed by atoms with van der Waals surface area (Å²) < 4.78 is 0. The van der Waals surface area contributed by atoms with Crippen molar-refractivity contribution in [3.05, 3.63) is 30.3 Å². The van der Waals surface area contributed by atoms with Gasteiger partial charge in [0.05, 0.1) is 6.54 Å². The topological polar surface area (TPSA) is 35.6 Å². The van der Waals surface area contributed by atoms with Crippen molar-refractivity contribution in [1.82, 2.24) is 9.80 Å². The largest absolute Gasteiger partial charge is 0.381 e. The van der Waals surface area contributed by atoms with Gasteiger partial charge in [0.15, 0.2) is 0 Å². The van der Waals surface area contributed by atoms with Crippen LogP contribution in [0.3, 0.4) is 0 Å². The van der Waals surface area contributed by atoms with E-state index in [1.807, 2.05) is 32.3 Å². The molecule has 1 N–H and O–H groups in total. The van der Waals surface area contributed by atoms with Crippen LogP contribution in [0.15, 0.2) is 30.3 Å². The highest BCUT2D eigenvalue weighted by molar-refractivity contribution is 5.77. The van der Waals surface area contributed by atoms with Gasteiger partial charge in [-0.3, -0.25) is 9.69 Å². The van der Waals surface area contributed by atoms with E-state index in [9.17, 15) is 4.79 Å². The van der Waals surface area contributed by atoms with Gasteiger partial charge in [-0.1, -0.05) is 18.2 Å². The van der Waals surface area contributed by atoms with Crippen LogP contribution in [0.4, 0.5) is 5.69 Å². The Hall–Kier alpha value is -1.55. The molecule has 1 atom stereocenters. The number of rotatable bonds is 4. The van der Waals surface area contributed by atoms with Crippen molar-refractivity contribution in [1.29, 1.82) is 0 Å². The molecule has 0 radical (unpaired) electrons. The maximum atomic E-state index is 11.7. The molecular weight excluding hydrogens is 238 g/mol. The Bertz CT molecular complexity index is 405. The van der Waals surface area contributed by atoms with E-state index in [4.69, 9.17) is 0 Å². The number of hydrogen-bond donors (Lipinski definition) is 1. The second-order valence-electron chi connectivity index (χ2n) is 5.37. The molecular formula is C15H23N3O. The number of likely N-dealkylation sites (tertiary alicyclic amines) is 1. The first-order valence-corrected chi connectivity index (χ1v) is 6.89. The fourth-order valence-electron chi connectivity index (χ4n) is 2.42. The van der Waals surface area contributed by atoms with Gasteiger partial charge in [-0.15, -0.1) is 0 Å². The number of carbonyl (C=O) groups excluding carboxylic acids is 1. The zero-order valence-electron chi connectivity index (χ0n) is 11.8. The molecule has 1 heterocycles. The van der Waals surface area contributed by atoms with Crippen molar-refractivity contribution in [3.63, 3.8) is 0 Å². The minimum atomic E-state index is 0.181. The molecule has 1 saturated heterocycles. The Balaban J connectivity index is 1.85. The van der Waals surface area contributed by atoms with Gasteiger partial charge in [-0.2, -0.15) is 0 Å². The van der Waals surface area contributed by atoms with E-state index in [1.165, 1.54) is 6.42 Å². The molecule has 1 aromatic rings. The molecule has 1 aromatic carbocycles. The molecule has 104 valence electrons. The first-order chi connectivity index (χ1) is 9.15. The van der Waals surface area contributed by atoms with Crippen LogP contribution in [0, 0.1) is 0 Å². The molecule has 0 saturated carbocycles. The average molecular weight is 261 g/mol. The Kier molecular flexibility index (Phi) is 4.80. The molecule has 0 spiro atoms. The fraction of sp³-hybridized carbons (Fsp3) is 0.533. The lowest BCUT2D eigenvalue weighted by Crippen LogP contribution is -2.46. The molecule has 4 nitrogen and oxygen atoms in total. The molecule has 0 aromatic heterocycles.